The summed E-state index contributed by atoms with van der Waals surface area (Å²) < 4.78 is 0. The molecule has 4 bridgehead atoms. The van der Waals surface area contributed by atoms with Gasteiger partial charge in [-0.1, -0.05) is 0 Å². The Hall–Kier alpha value is -0.960. The highest BCUT2D eigenvalue weighted by molar-refractivity contribution is 5.16. The lowest BCUT2D eigenvalue weighted by molar-refractivity contribution is -0.0473. The van der Waals surface area contributed by atoms with E-state index >= 15 is 0 Å². The molecule has 5 rings (SSSR count). The molecule has 0 aliphatic heterocycles. The summed E-state index contributed by atoms with van der Waals surface area (Å²) in [6, 6.07) is 0. The Bertz CT molecular complexity index is 454. The van der Waals surface area contributed by atoms with E-state index in [9.17, 15) is 0 Å². The van der Waals surface area contributed by atoms with Gasteiger partial charge in [-0.05, 0) is 75.0 Å². The first-order valence-electron chi connectivity index (χ1n) is 8.16. The molecule has 4 fully saturated rings. The van der Waals surface area contributed by atoms with Crippen LogP contribution in [0.25, 0.3) is 0 Å². The number of hydrogen-bond donors (Lipinski definition) is 1. The predicted molar refractivity (Wildman–Crippen MR) is 78.7 cm³/mol. The summed E-state index contributed by atoms with van der Waals surface area (Å²) in [7, 11) is 0. The topological polar surface area (TPSA) is 51.8 Å². The molecule has 3 nitrogen and oxygen atoms in total. The maximum absolute atomic E-state index is 6.64. The number of nitrogens with two attached hydrogens (primary N) is 1. The number of aromatic nitrogens is 2. The molecule has 3 heteroatoms. The molecule has 4 aliphatic carbocycles. The quantitative estimate of drug-likeness (QED) is 0.919. The largest absolute Gasteiger partial charge is 0.322 e. The van der Waals surface area contributed by atoms with Crippen molar-refractivity contribution in [2.75, 3.05) is 0 Å². The van der Waals surface area contributed by atoms with Crippen LogP contribution in [0.15, 0.2) is 18.7 Å². The third-order valence-corrected chi connectivity index (χ3v) is 6.30. The van der Waals surface area contributed by atoms with Gasteiger partial charge >= 0.3 is 0 Å². The molecule has 0 aromatic carbocycles. The Kier molecular flexibility index (Phi) is 2.88. The molecule has 4 saturated carbocycles. The molecule has 0 radical (unpaired) electrons. The van der Waals surface area contributed by atoms with Gasteiger partial charge in [-0.3, -0.25) is 0 Å². The van der Waals surface area contributed by atoms with Gasteiger partial charge < -0.3 is 5.73 Å². The molecule has 108 valence electrons. The van der Waals surface area contributed by atoms with Crippen LogP contribution in [-0.4, -0.2) is 9.97 Å². The average Bonchev–Trinajstić information content (AvgIpc) is 2.43. The molecule has 0 spiro atoms. The SMILES string of the molecule is CC(N)(CC1C2CC3CC(C2)CC1C3)c1cncnc1. The Balaban J connectivity index is 1.54. The normalized spacial score (nSPS) is 41.6. The predicted octanol–water partition coefficient (Wildman–Crippen LogP) is 3.11. The average molecular weight is 271 g/mol. The van der Waals surface area contributed by atoms with E-state index in [0.29, 0.717) is 0 Å². The smallest absolute Gasteiger partial charge is 0.115 e. The summed E-state index contributed by atoms with van der Waals surface area (Å²) in [5.41, 5.74) is 7.45. The van der Waals surface area contributed by atoms with Crippen molar-refractivity contribution >= 4 is 0 Å². The highest BCUT2D eigenvalue weighted by Crippen LogP contribution is 2.58. The molecular formula is C17H25N3. The Labute approximate surface area is 121 Å². The zero-order valence-electron chi connectivity index (χ0n) is 12.3. The molecule has 2 N–H and O–H groups in total. The van der Waals surface area contributed by atoms with Crippen LogP contribution < -0.4 is 5.73 Å². The Morgan fingerprint density at radius 1 is 1.05 bits per heavy atom. The van der Waals surface area contributed by atoms with Crippen LogP contribution in [-0.2, 0) is 5.54 Å². The molecule has 1 aromatic heterocycles. The number of hydrogen-bond acceptors (Lipinski definition) is 3. The first kappa shape index (κ1) is 12.8. The minimum Gasteiger partial charge on any atom is -0.322 e. The summed E-state index contributed by atoms with van der Waals surface area (Å²) in [6.45, 7) is 2.16. The van der Waals surface area contributed by atoms with E-state index in [1.807, 2.05) is 12.4 Å². The van der Waals surface area contributed by atoms with Gasteiger partial charge in [-0.2, -0.15) is 0 Å². The maximum Gasteiger partial charge on any atom is 0.115 e. The van der Waals surface area contributed by atoms with Gasteiger partial charge in [-0.25, -0.2) is 9.97 Å². The van der Waals surface area contributed by atoms with Crippen LogP contribution in [0.1, 0.15) is 51.0 Å². The van der Waals surface area contributed by atoms with Crippen molar-refractivity contribution in [3.63, 3.8) is 0 Å². The van der Waals surface area contributed by atoms with Crippen LogP contribution in [0.4, 0.5) is 0 Å². The lowest BCUT2D eigenvalue weighted by Gasteiger charge is -2.55. The highest BCUT2D eigenvalue weighted by Gasteiger charge is 2.49. The molecule has 0 saturated heterocycles. The van der Waals surface area contributed by atoms with E-state index < -0.39 is 0 Å². The van der Waals surface area contributed by atoms with Crippen molar-refractivity contribution in [1.29, 1.82) is 0 Å². The van der Waals surface area contributed by atoms with Gasteiger partial charge in [0.1, 0.15) is 6.33 Å². The molecule has 1 unspecified atom stereocenters. The van der Waals surface area contributed by atoms with Crippen molar-refractivity contribution in [2.24, 2.45) is 35.3 Å². The van der Waals surface area contributed by atoms with Crippen LogP contribution in [0, 0.1) is 29.6 Å². The number of rotatable bonds is 3. The van der Waals surface area contributed by atoms with Crippen molar-refractivity contribution in [1.82, 2.24) is 9.97 Å². The lowest BCUT2D eigenvalue weighted by atomic mass is 9.50. The summed E-state index contributed by atoms with van der Waals surface area (Å²) in [5, 5.41) is 0. The molecule has 20 heavy (non-hydrogen) atoms. The molecule has 1 atom stereocenters. The van der Waals surface area contributed by atoms with Crippen molar-refractivity contribution in [2.45, 2.75) is 51.0 Å². The minimum atomic E-state index is -0.276. The second-order valence-electron chi connectivity index (χ2n) is 7.84. The number of nitrogens with zero attached hydrogens (tertiary/aromatic N) is 2. The molecule has 1 heterocycles. The fourth-order valence-corrected chi connectivity index (χ4v) is 5.57. The molecule has 0 amide bonds. The lowest BCUT2D eigenvalue weighted by Crippen LogP contribution is -2.48. The maximum atomic E-state index is 6.64. The van der Waals surface area contributed by atoms with Gasteiger partial charge in [-0.15, -0.1) is 0 Å². The van der Waals surface area contributed by atoms with Crippen LogP contribution >= 0.6 is 0 Å². The zero-order chi connectivity index (χ0) is 13.7. The van der Waals surface area contributed by atoms with Crippen molar-refractivity contribution in [3.05, 3.63) is 24.3 Å². The van der Waals surface area contributed by atoms with Crippen molar-refractivity contribution in [3.8, 4) is 0 Å². The second kappa shape index (κ2) is 4.52. The van der Waals surface area contributed by atoms with E-state index in [1.165, 1.54) is 32.1 Å². The molecular weight excluding hydrogens is 246 g/mol. The van der Waals surface area contributed by atoms with Gasteiger partial charge in [0.05, 0.1) is 0 Å². The van der Waals surface area contributed by atoms with Gasteiger partial charge in [0.25, 0.3) is 0 Å². The molecule has 1 aromatic rings. The van der Waals surface area contributed by atoms with Crippen molar-refractivity contribution < 1.29 is 0 Å². The van der Waals surface area contributed by atoms with E-state index in [0.717, 1.165) is 41.6 Å². The summed E-state index contributed by atoms with van der Waals surface area (Å²) in [5.74, 6) is 4.80. The third-order valence-electron chi connectivity index (χ3n) is 6.30. The van der Waals surface area contributed by atoms with Gasteiger partial charge in [0, 0.05) is 23.5 Å². The van der Waals surface area contributed by atoms with Gasteiger partial charge in [0.15, 0.2) is 0 Å². The summed E-state index contributed by atoms with van der Waals surface area (Å²) >= 11 is 0. The van der Waals surface area contributed by atoms with E-state index in [-0.39, 0.29) is 5.54 Å². The summed E-state index contributed by atoms with van der Waals surface area (Å²) in [6.07, 6.45) is 13.9. The van der Waals surface area contributed by atoms with E-state index in [2.05, 4.69) is 16.9 Å². The Morgan fingerprint density at radius 3 is 2.15 bits per heavy atom. The monoisotopic (exact) mass is 271 g/mol. The van der Waals surface area contributed by atoms with Crippen LogP contribution in [0.2, 0.25) is 0 Å². The zero-order valence-corrected chi connectivity index (χ0v) is 12.3. The first-order valence-corrected chi connectivity index (χ1v) is 8.16. The third kappa shape index (κ3) is 2.07. The highest BCUT2D eigenvalue weighted by atomic mass is 14.8. The van der Waals surface area contributed by atoms with E-state index in [4.69, 9.17) is 5.73 Å². The van der Waals surface area contributed by atoms with E-state index in [1.54, 1.807) is 6.33 Å². The summed E-state index contributed by atoms with van der Waals surface area (Å²) in [4.78, 5) is 8.29. The first-order chi connectivity index (χ1) is 9.62. The fraction of sp³-hybridized carbons (Fsp3) is 0.765. The van der Waals surface area contributed by atoms with Gasteiger partial charge in [0.2, 0.25) is 0 Å². The second-order valence-corrected chi connectivity index (χ2v) is 7.84. The van der Waals surface area contributed by atoms with Crippen LogP contribution in [0.5, 0.6) is 0 Å². The van der Waals surface area contributed by atoms with Crippen LogP contribution in [0.3, 0.4) is 0 Å². The fourth-order valence-electron chi connectivity index (χ4n) is 5.57. The standard InChI is InChI=1S/C17H25N3/c1-17(18,15-8-19-10-20-9-15)7-16-13-3-11-2-12(5-13)6-14(16)4-11/h8-14,16H,2-7,18H2,1H3. The molecule has 4 aliphatic rings. The Morgan fingerprint density at radius 2 is 1.60 bits per heavy atom. The minimum absolute atomic E-state index is 0.276.